The summed E-state index contributed by atoms with van der Waals surface area (Å²) in [6, 6.07) is 5.91. The lowest BCUT2D eigenvalue weighted by atomic mass is 10.0. The SMILES string of the molecule is COc1cc(C(C)N2CCC(OC)CC2)ccc1O. The first kappa shape index (κ1) is 14.2. The molecular weight excluding hydrogens is 242 g/mol. The van der Waals surface area contributed by atoms with Gasteiger partial charge in [-0.2, -0.15) is 0 Å². The maximum atomic E-state index is 9.64. The van der Waals surface area contributed by atoms with E-state index < -0.39 is 0 Å². The van der Waals surface area contributed by atoms with Crippen LogP contribution < -0.4 is 4.74 Å². The Morgan fingerprint density at radius 3 is 2.53 bits per heavy atom. The molecule has 1 aliphatic rings. The van der Waals surface area contributed by atoms with Crippen LogP contribution >= 0.6 is 0 Å². The number of aromatic hydroxyl groups is 1. The number of rotatable bonds is 4. The maximum absolute atomic E-state index is 9.64. The number of piperidine rings is 1. The Morgan fingerprint density at radius 1 is 1.26 bits per heavy atom. The Morgan fingerprint density at radius 2 is 1.95 bits per heavy atom. The molecule has 4 nitrogen and oxygen atoms in total. The van der Waals surface area contributed by atoms with Crippen LogP contribution in [0.2, 0.25) is 0 Å². The van der Waals surface area contributed by atoms with Crippen molar-refractivity contribution < 1.29 is 14.6 Å². The Hall–Kier alpha value is -1.26. The highest BCUT2D eigenvalue weighted by Crippen LogP contribution is 2.32. The van der Waals surface area contributed by atoms with Crippen LogP contribution in [0.1, 0.15) is 31.4 Å². The Balaban J connectivity index is 2.05. The molecule has 19 heavy (non-hydrogen) atoms. The number of likely N-dealkylation sites (tertiary alicyclic amines) is 1. The Labute approximate surface area is 114 Å². The number of benzene rings is 1. The van der Waals surface area contributed by atoms with Crippen LogP contribution in [0.15, 0.2) is 18.2 Å². The van der Waals surface area contributed by atoms with Gasteiger partial charge in [0.15, 0.2) is 11.5 Å². The van der Waals surface area contributed by atoms with Gasteiger partial charge in [-0.15, -0.1) is 0 Å². The molecule has 1 aromatic carbocycles. The standard InChI is InChI=1S/C15H23NO3/c1-11(16-8-6-13(18-2)7-9-16)12-4-5-14(17)15(10-12)19-3/h4-5,10-11,13,17H,6-9H2,1-3H3. The van der Waals surface area contributed by atoms with Gasteiger partial charge in [-0.05, 0) is 37.5 Å². The fourth-order valence-electron chi connectivity index (χ4n) is 2.66. The molecule has 1 fully saturated rings. The van der Waals surface area contributed by atoms with E-state index in [4.69, 9.17) is 9.47 Å². The van der Waals surface area contributed by atoms with Crippen LogP contribution in [-0.2, 0) is 4.74 Å². The zero-order valence-corrected chi connectivity index (χ0v) is 11.9. The van der Waals surface area contributed by atoms with E-state index in [-0.39, 0.29) is 5.75 Å². The first-order chi connectivity index (χ1) is 9.15. The van der Waals surface area contributed by atoms with Gasteiger partial charge in [0, 0.05) is 26.2 Å². The van der Waals surface area contributed by atoms with E-state index in [9.17, 15) is 5.11 Å². The largest absolute Gasteiger partial charge is 0.504 e. The third-order valence-electron chi connectivity index (χ3n) is 4.04. The summed E-state index contributed by atoms with van der Waals surface area (Å²) in [5.74, 6) is 0.729. The number of phenols is 1. The number of hydrogen-bond acceptors (Lipinski definition) is 4. The zero-order chi connectivity index (χ0) is 13.8. The fourth-order valence-corrected chi connectivity index (χ4v) is 2.66. The van der Waals surface area contributed by atoms with Gasteiger partial charge in [0.05, 0.1) is 13.2 Å². The molecule has 2 rings (SSSR count). The van der Waals surface area contributed by atoms with Crippen molar-refractivity contribution in [2.24, 2.45) is 0 Å². The van der Waals surface area contributed by atoms with Crippen molar-refractivity contribution in [3.05, 3.63) is 23.8 Å². The molecule has 0 amide bonds. The lowest BCUT2D eigenvalue weighted by Gasteiger charge is -2.35. The number of methoxy groups -OCH3 is 2. The lowest BCUT2D eigenvalue weighted by molar-refractivity contribution is 0.0294. The van der Waals surface area contributed by atoms with E-state index in [0.29, 0.717) is 17.9 Å². The third-order valence-corrected chi connectivity index (χ3v) is 4.04. The summed E-state index contributed by atoms with van der Waals surface area (Å²) in [6.45, 7) is 4.28. The summed E-state index contributed by atoms with van der Waals surface area (Å²) < 4.78 is 10.6. The molecule has 0 bridgehead atoms. The van der Waals surface area contributed by atoms with Gasteiger partial charge in [-0.3, -0.25) is 4.90 Å². The van der Waals surface area contributed by atoms with Gasteiger partial charge in [0.2, 0.25) is 0 Å². The highest BCUT2D eigenvalue weighted by Gasteiger charge is 2.23. The van der Waals surface area contributed by atoms with Crippen molar-refractivity contribution in [2.45, 2.75) is 31.9 Å². The molecule has 1 saturated heterocycles. The minimum atomic E-state index is 0.191. The van der Waals surface area contributed by atoms with Crippen LogP contribution in [0.5, 0.6) is 11.5 Å². The van der Waals surface area contributed by atoms with Crippen LogP contribution in [0.25, 0.3) is 0 Å². The van der Waals surface area contributed by atoms with Crippen LogP contribution in [0.3, 0.4) is 0 Å². The summed E-state index contributed by atoms with van der Waals surface area (Å²) in [6.07, 6.45) is 2.56. The van der Waals surface area contributed by atoms with Crippen molar-refractivity contribution in [1.82, 2.24) is 4.90 Å². The molecule has 1 heterocycles. The highest BCUT2D eigenvalue weighted by atomic mass is 16.5. The van der Waals surface area contributed by atoms with E-state index in [1.807, 2.05) is 12.1 Å². The molecule has 1 aliphatic heterocycles. The molecule has 1 unspecified atom stereocenters. The van der Waals surface area contributed by atoms with Gasteiger partial charge in [0.25, 0.3) is 0 Å². The van der Waals surface area contributed by atoms with Gasteiger partial charge in [-0.1, -0.05) is 6.07 Å². The number of phenolic OH excluding ortho intramolecular Hbond substituents is 1. The Kier molecular flexibility index (Phi) is 4.66. The molecule has 1 atom stereocenters. The first-order valence-electron chi connectivity index (χ1n) is 6.79. The molecule has 0 aromatic heterocycles. The molecule has 0 aliphatic carbocycles. The van der Waals surface area contributed by atoms with E-state index in [1.165, 1.54) is 5.56 Å². The molecule has 0 spiro atoms. The van der Waals surface area contributed by atoms with Gasteiger partial charge in [0.1, 0.15) is 0 Å². The van der Waals surface area contributed by atoms with Crippen molar-refractivity contribution >= 4 is 0 Å². The Bertz CT molecular complexity index is 414. The minimum absolute atomic E-state index is 0.191. The zero-order valence-electron chi connectivity index (χ0n) is 11.9. The predicted octanol–water partition coefficient (Wildman–Crippen LogP) is 2.57. The smallest absolute Gasteiger partial charge is 0.160 e. The van der Waals surface area contributed by atoms with Crippen LogP contribution in [-0.4, -0.2) is 43.4 Å². The number of ether oxygens (including phenoxy) is 2. The molecule has 106 valence electrons. The van der Waals surface area contributed by atoms with Gasteiger partial charge >= 0.3 is 0 Å². The topological polar surface area (TPSA) is 41.9 Å². The second kappa shape index (κ2) is 6.26. The third kappa shape index (κ3) is 3.19. The number of nitrogens with zero attached hydrogens (tertiary/aromatic N) is 1. The average molecular weight is 265 g/mol. The van der Waals surface area contributed by atoms with E-state index in [1.54, 1.807) is 20.3 Å². The molecule has 0 saturated carbocycles. The summed E-state index contributed by atoms with van der Waals surface area (Å²) in [7, 11) is 3.36. The van der Waals surface area contributed by atoms with Crippen LogP contribution in [0.4, 0.5) is 0 Å². The molecule has 1 N–H and O–H groups in total. The minimum Gasteiger partial charge on any atom is -0.504 e. The molecule has 0 radical (unpaired) electrons. The first-order valence-corrected chi connectivity index (χ1v) is 6.79. The van der Waals surface area contributed by atoms with Crippen molar-refractivity contribution in [2.75, 3.05) is 27.3 Å². The van der Waals surface area contributed by atoms with Crippen molar-refractivity contribution in [1.29, 1.82) is 0 Å². The number of hydrogen-bond donors (Lipinski definition) is 1. The van der Waals surface area contributed by atoms with Crippen LogP contribution in [0, 0.1) is 0 Å². The van der Waals surface area contributed by atoms with Gasteiger partial charge < -0.3 is 14.6 Å². The highest BCUT2D eigenvalue weighted by molar-refractivity contribution is 5.42. The van der Waals surface area contributed by atoms with E-state index >= 15 is 0 Å². The average Bonchev–Trinajstić information content (AvgIpc) is 2.47. The quantitative estimate of drug-likeness (QED) is 0.908. The summed E-state index contributed by atoms with van der Waals surface area (Å²) in [5.41, 5.74) is 1.17. The summed E-state index contributed by atoms with van der Waals surface area (Å²) in [4.78, 5) is 2.45. The van der Waals surface area contributed by atoms with Crippen molar-refractivity contribution in [3.63, 3.8) is 0 Å². The van der Waals surface area contributed by atoms with Gasteiger partial charge in [-0.25, -0.2) is 0 Å². The fraction of sp³-hybridized carbons (Fsp3) is 0.600. The predicted molar refractivity (Wildman–Crippen MR) is 74.7 cm³/mol. The molecule has 1 aromatic rings. The second-order valence-electron chi connectivity index (χ2n) is 5.08. The maximum Gasteiger partial charge on any atom is 0.160 e. The van der Waals surface area contributed by atoms with E-state index in [2.05, 4.69) is 11.8 Å². The second-order valence-corrected chi connectivity index (χ2v) is 5.08. The molecule has 4 heteroatoms. The normalized spacial score (nSPS) is 19.3. The van der Waals surface area contributed by atoms with E-state index in [0.717, 1.165) is 25.9 Å². The summed E-state index contributed by atoms with van der Waals surface area (Å²) in [5, 5.41) is 9.64. The van der Waals surface area contributed by atoms with Crippen molar-refractivity contribution in [3.8, 4) is 11.5 Å². The lowest BCUT2D eigenvalue weighted by Crippen LogP contribution is -2.38. The summed E-state index contributed by atoms with van der Waals surface area (Å²) >= 11 is 0. The monoisotopic (exact) mass is 265 g/mol. The molecular formula is C15H23NO3.